The molecule has 0 spiro atoms. The van der Waals surface area contributed by atoms with Crippen LogP contribution in [0.5, 0.6) is 0 Å². The molecule has 2 aliphatic rings. The number of hydrogen-bond acceptors (Lipinski definition) is 6. The summed E-state index contributed by atoms with van der Waals surface area (Å²) >= 11 is 0. The van der Waals surface area contributed by atoms with Gasteiger partial charge < -0.3 is 19.3 Å². The zero-order valence-corrected chi connectivity index (χ0v) is 15.1. The van der Waals surface area contributed by atoms with E-state index in [1.807, 2.05) is 0 Å². The molecule has 27 heavy (non-hydrogen) atoms. The number of nitrogens with one attached hydrogen (secondary N) is 1. The molecule has 2 aromatic heterocycles. The van der Waals surface area contributed by atoms with Crippen LogP contribution in [0.25, 0.3) is 0 Å². The van der Waals surface area contributed by atoms with Crippen LogP contribution in [-0.4, -0.2) is 63.4 Å². The molecule has 0 radical (unpaired) electrons. The van der Waals surface area contributed by atoms with E-state index in [-0.39, 0.29) is 29.2 Å². The van der Waals surface area contributed by atoms with Gasteiger partial charge in [0.05, 0.1) is 5.92 Å². The number of carbonyl (C=O) groups is 2. The highest BCUT2D eigenvalue weighted by molar-refractivity contribution is 5.94. The number of hydrogen-bond donors (Lipinski definition) is 1. The molecule has 0 bridgehead atoms. The van der Waals surface area contributed by atoms with Crippen LogP contribution >= 0.6 is 0 Å². The second-order valence-corrected chi connectivity index (χ2v) is 7.15. The first-order valence-electron chi connectivity index (χ1n) is 9.07. The molecule has 1 aliphatic carbocycles. The first-order valence-corrected chi connectivity index (χ1v) is 9.07. The minimum absolute atomic E-state index is 0.0242. The maximum absolute atomic E-state index is 12.3. The predicted octanol–water partition coefficient (Wildman–Crippen LogP) is 0.408. The predicted molar refractivity (Wildman–Crippen MR) is 94.1 cm³/mol. The highest BCUT2D eigenvalue weighted by Crippen LogP contribution is 2.30. The quantitative estimate of drug-likeness (QED) is 0.787. The van der Waals surface area contributed by atoms with Gasteiger partial charge in [0.25, 0.3) is 11.5 Å². The average molecular weight is 371 g/mol. The lowest BCUT2D eigenvalue weighted by atomic mass is 9.99. The molecular weight excluding hydrogens is 350 g/mol. The highest BCUT2D eigenvalue weighted by Gasteiger charge is 2.37. The highest BCUT2D eigenvalue weighted by atomic mass is 16.5. The molecule has 0 unspecified atom stereocenters. The lowest BCUT2D eigenvalue weighted by Crippen LogP contribution is -2.49. The summed E-state index contributed by atoms with van der Waals surface area (Å²) in [7, 11) is 1.79. The third-order valence-electron chi connectivity index (χ3n) is 5.02. The molecule has 2 fully saturated rings. The van der Waals surface area contributed by atoms with E-state index in [9.17, 15) is 14.4 Å². The molecule has 142 valence electrons. The first kappa shape index (κ1) is 17.4. The molecule has 4 rings (SSSR count). The van der Waals surface area contributed by atoms with Crippen LogP contribution in [0.4, 0.5) is 0 Å². The van der Waals surface area contributed by atoms with Gasteiger partial charge in [0, 0.05) is 45.2 Å². The summed E-state index contributed by atoms with van der Waals surface area (Å²) in [6.45, 7) is 1.43. The molecule has 1 N–H and O–H groups in total. The number of carbonyl (C=O) groups excluding carboxylic acids is 2. The standard InChI is InChI=1S/C18H21N5O4/c1-22(17(25)11-4-5-11)8-6-14-20-16(27-21-14)12-9-23(10-12)18(26)13-3-2-7-19-15(13)24/h2-3,7,11-12H,4-6,8-10H2,1H3,(H,19,24). The van der Waals surface area contributed by atoms with Gasteiger partial charge in [0.2, 0.25) is 11.8 Å². The van der Waals surface area contributed by atoms with Crippen LogP contribution in [0, 0.1) is 5.92 Å². The lowest BCUT2D eigenvalue weighted by molar-refractivity contribution is -0.131. The second kappa shape index (κ2) is 6.98. The number of rotatable bonds is 6. The van der Waals surface area contributed by atoms with Gasteiger partial charge in [-0.05, 0) is 25.0 Å². The van der Waals surface area contributed by atoms with E-state index < -0.39 is 5.56 Å². The third-order valence-corrected chi connectivity index (χ3v) is 5.02. The number of pyridine rings is 1. The SMILES string of the molecule is CN(CCc1noc(C2CN(C(=O)c3ccc[nH]c3=O)C2)n1)C(=O)C1CC1. The molecule has 0 aromatic carbocycles. The summed E-state index contributed by atoms with van der Waals surface area (Å²) in [5.41, 5.74) is -0.263. The molecule has 2 amide bonds. The summed E-state index contributed by atoms with van der Waals surface area (Å²) in [5.74, 6) is 1.11. The monoisotopic (exact) mass is 371 g/mol. The number of likely N-dealkylation sites (N-methyl/N-ethyl adjacent to an activating group) is 1. The van der Waals surface area contributed by atoms with Gasteiger partial charge in [0.15, 0.2) is 5.82 Å². The van der Waals surface area contributed by atoms with Crippen molar-refractivity contribution in [2.24, 2.45) is 5.92 Å². The van der Waals surface area contributed by atoms with Crippen LogP contribution in [0.1, 0.15) is 40.8 Å². The molecule has 0 atom stereocenters. The van der Waals surface area contributed by atoms with Gasteiger partial charge in [-0.15, -0.1) is 0 Å². The van der Waals surface area contributed by atoms with Gasteiger partial charge in [-0.3, -0.25) is 14.4 Å². The Bertz CT molecular complexity index is 910. The molecule has 2 aromatic rings. The normalized spacial score (nSPS) is 16.9. The van der Waals surface area contributed by atoms with Crippen LogP contribution in [0.15, 0.2) is 27.6 Å². The number of nitrogens with zero attached hydrogens (tertiary/aromatic N) is 4. The Morgan fingerprint density at radius 3 is 2.85 bits per heavy atom. The minimum atomic E-state index is -0.393. The molecule has 1 saturated heterocycles. The fourth-order valence-corrected chi connectivity index (χ4v) is 3.12. The number of H-pyrrole nitrogens is 1. The Morgan fingerprint density at radius 2 is 2.15 bits per heavy atom. The first-order chi connectivity index (χ1) is 13.0. The molecule has 9 heteroatoms. The topological polar surface area (TPSA) is 112 Å². The molecule has 1 saturated carbocycles. The fraction of sp³-hybridized carbons (Fsp3) is 0.500. The van der Waals surface area contributed by atoms with E-state index in [1.165, 1.54) is 12.3 Å². The molecule has 1 aliphatic heterocycles. The van der Waals surface area contributed by atoms with E-state index in [1.54, 1.807) is 22.9 Å². The maximum Gasteiger partial charge on any atom is 0.260 e. The second-order valence-electron chi connectivity index (χ2n) is 7.15. The summed E-state index contributed by atoms with van der Waals surface area (Å²) in [4.78, 5) is 46.2. The van der Waals surface area contributed by atoms with Gasteiger partial charge in [-0.25, -0.2) is 0 Å². The third kappa shape index (κ3) is 3.62. The van der Waals surface area contributed by atoms with Crippen molar-refractivity contribution < 1.29 is 14.1 Å². The number of likely N-dealkylation sites (tertiary alicyclic amines) is 1. The van der Waals surface area contributed by atoms with E-state index in [0.29, 0.717) is 37.8 Å². The Hall–Kier alpha value is -2.97. The maximum atomic E-state index is 12.3. The van der Waals surface area contributed by atoms with Crippen LogP contribution in [0.2, 0.25) is 0 Å². The Labute approximate surface area is 155 Å². The number of amides is 2. The number of aromatic nitrogens is 3. The van der Waals surface area contributed by atoms with Gasteiger partial charge in [-0.1, -0.05) is 5.16 Å². The van der Waals surface area contributed by atoms with Gasteiger partial charge in [0.1, 0.15) is 5.56 Å². The van der Waals surface area contributed by atoms with Crippen LogP contribution in [0.3, 0.4) is 0 Å². The zero-order chi connectivity index (χ0) is 19.0. The van der Waals surface area contributed by atoms with Crippen molar-refractivity contribution in [3.05, 3.63) is 46.0 Å². The van der Waals surface area contributed by atoms with Gasteiger partial charge in [-0.2, -0.15) is 4.98 Å². The summed E-state index contributed by atoms with van der Waals surface area (Å²) < 4.78 is 5.31. The van der Waals surface area contributed by atoms with Crippen molar-refractivity contribution in [2.45, 2.75) is 25.2 Å². The zero-order valence-electron chi connectivity index (χ0n) is 15.1. The van der Waals surface area contributed by atoms with Crippen molar-refractivity contribution in [1.29, 1.82) is 0 Å². The molecule has 3 heterocycles. The Balaban J connectivity index is 1.29. The van der Waals surface area contributed by atoms with Crippen molar-refractivity contribution in [2.75, 3.05) is 26.7 Å². The molecule has 9 nitrogen and oxygen atoms in total. The summed E-state index contributed by atoms with van der Waals surface area (Å²) in [5, 5.41) is 3.97. The van der Waals surface area contributed by atoms with Crippen LogP contribution in [-0.2, 0) is 11.2 Å². The van der Waals surface area contributed by atoms with Crippen LogP contribution < -0.4 is 5.56 Å². The smallest absolute Gasteiger partial charge is 0.260 e. The van der Waals surface area contributed by atoms with E-state index >= 15 is 0 Å². The van der Waals surface area contributed by atoms with E-state index in [2.05, 4.69) is 15.1 Å². The summed E-state index contributed by atoms with van der Waals surface area (Å²) in [6, 6.07) is 3.14. The lowest BCUT2D eigenvalue weighted by Gasteiger charge is -2.36. The van der Waals surface area contributed by atoms with E-state index in [0.717, 1.165) is 12.8 Å². The van der Waals surface area contributed by atoms with Crippen molar-refractivity contribution >= 4 is 11.8 Å². The van der Waals surface area contributed by atoms with E-state index in [4.69, 9.17) is 4.52 Å². The largest absolute Gasteiger partial charge is 0.345 e. The van der Waals surface area contributed by atoms with Gasteiger partial charge >= 0.3 is 0 Å². The van der Waals surface area contributed by atoms with Crippen molar-refractivity contribution in [3.8, 4) is 0 Å². The van der Waals surface area contributed by atoms with Crippen molar-refractivity contribution in [3.63, 3.8) is 0 Å². The summed E-state index contributed by atoms with van der Waals surface area (Å²) in [6.07, 6.45) is 4.00. The minimum Gasteiger partial charge on any atom is -0.345 e. The Kier molecular flexibility index (Phi) is 4.51. The number of aromatic amines is 1. The fourth-order valence-electron chi connectivity index (χ4n) is 3.12. The average Bonchev–Trinajstić information content (AvgIpc) is 3.37. The van der Waals surface area contributed by atoms with Crippen molar-refractivity contribution in [1.82, 2.24) is 24.9 Å². The Morgan fingerprint density at radius 1 is 1.37 bits per heavy atom. The molecular formula is C18H21N5O4.